The van der Waals surface area contributed by atoms with E-state index in [2.05, 4.69) is 5.10 Å². The number of aromatic nitrogens is 2. The van der Waals surface area contributed by atoms with Gasteiger partial charge in [0.25, 0.3) is 0 Å². The molecule has 0 fully saturated rings. The van der Waals surface area contributed by atoms with Crippen molar-refractivity contribution in [3.63, 3.8) is 0 Å². The molecule has 1 aromatic heterocycles. The summed E-state index contributed by atoms with van der Waals surface area (Å²) in [5.74, 6) is -1.32. The van der Waals surface area contributed by atoms with Gasteiger partial charge in [0, 0.05) is 6.54 Å². The minimum atomic E-state index is -4.44. The van der Waals surface area contributed by atoms with Crippen molar-refractivity contribution < 1.29 is 23.1 Å². The summed E-state index contributed by atoms with van der Waals surface area (Å²) in [4.78, 5) is 11.1. The van der Waals surface area contributed by atoms with Crippen molar-refractivity contribution in [2.75, 3.05) is 0 Å². The first kappa shape index (κ1) is 12.9. The van der Waals surface area contributed by atoms with Gasteiger partial charge in [-0.2, -0.15) is 18.3 Å². The molecule has 0 spiro atoms. The van der Waals surface area contributed by atoms with E-state index in [4.69, 9.17) is 5.11 Å². The highest BCUT2D eigenvalue weighted by Crippen LogP contribution is 2.27. The standard InChI is InChI=1S/C11H13F3N2O2/c12-11(13,14)6-7-9(10(17)18)8-4-2-1-3-5-16(8)15-7/h1-6H2,(H,17,18). The van der Waals surface area contributed by atoms with E-state index < -0.39 is 18.6 Å². The molecule has 0 bridgehead atoms. The Balaban J connectivity index is 2.44. The Morgan fingerprint density at radius 2 is 2.06 bits per heavy atom. The average molecular weight is 262 g/mol. The number of aryl methyl sites for hydroxylation is 1. The van der Waals surface area contributed by atoms with Gasteiger partial charge in [0.05, 0.1) is 17.8 Å². The number of nitrogens with zero attached hydrogens (tertiary/aromatic N) is 2. The molecule has 0 amide bonds. The van der Waals surface area contributed by atoms with Gasteiger partial charge in [-0.3, -0.25) is 4.68 Å². The molecule has 1 aliphatic heterocycles. The fraction of sp³-hybridized carbons (Fsp3) is 0.636. The zero-order chi connectivity index (χ0) is 13.3. The first-order chi connectivity index (χ1) is 8.38. The molecular formula is C11H13F3N2O2. The molecule has 0 saturated heterocycles. The third-order valence-corrected chi connectivity index (χ3v) is 3.00. The molecule has 7 heteroatoms. The summed E-state index contributed by atoms with van der Waals surface area (Å²) in [6.07, 6.45) is -2.69. The van der Waals surface area contributed by atoms with Crippen LogP contribution < -0.4 is 0 Å². The zero-order valence-electron chi connectivity index (χ0n) is 9.63. The average Bonchev–Trinajstić information content (AvgIpc) is 2.40. The maximum absolute atomic E-state index is 12.4. The Labute approximate surface area is 101 Å². The van der Waals surface area contributed by atoms with E-state index in [1.165, 1.54) is 4.68 Å². The van der Waals surface area contributed by atoms with Gasteiger partial charge in [-0.15, -0.1) is 0 Å². The van der Waals surface area contributed by atoms with E-state index in [-0.39, 0.29) is 11.3 Å². The maximum Gasteiger partial charge on any atom is 0.394 e. The highest BCUT2D eigenvalue weighted by atomic mass is 19.4. The number of halogens is 3. The van der Waals surface area contributed by atoms with Gasteiger partial charge in [-0.05, 0) is 19.3 Å². The molecule has 18 heavy (non-hydrogen) atoms. The second-order valence-electron chi connectivity index (χ2n) is 4.40. The van der Waals surface area contributed by atoms with Gasteiger partial charge < -0.3 is 5.11 Å². The number of hydrogen-bond donors (Lipinski definition) is 1. The highest BCUT2D eigenvalue weighted by Gasteiger charge is 2.34. The van der Waals surface area contributed by atoms with Crippen molar-refractivity contribution in [2.24, 2.45) is 0 Å². The van der Waals surface area contributed by atoms with Crippen LogP contribution in [0.25, 0.3) is 0 Å². The molecule has 0 aliphatic carbocycles. The molecule has 2 heterocycles. The lowest BCUT2D eigenvalue weighted by atomic mass is 10.1. The molecule has 2 rings (SSSR count). The molecule has 1 aromatic rings. The Kier molecular flexibility index (Phi) is 3.32. The molecule has 4 nitrogen and oxygen atoms in total. The number of rotatable bonds is 2. The molecule has 0 saturated carbocycles. The molecule has 1 N–H and O–H groups in total. The Morgan fingerprint density at radius 1 is 1.33 bits per heavy atom. The minimum absolute atomic E-state index is 0.255. The van der Waals surface area contributed by atoms with Crippen molar-refractivity contribution in [3.05, 3.63) is 17.0 Å². The number of hydrogen-bond acceptors (Lipinski definition) is 2. The van der Waals surface area contributed by atoms with Crippen molar-refractivity contribution in [1.82, 2.24) is 9.78 Å². The first-order valence-corrected chi connectivity index (χ1v) is 5.77. The molecular weight excluding hydrogens is 249 g/mol. The third-order valence-electron chi connectivity index (χ3n) is 3.00. The lowest BCUT2D eigenvalue weighted by molar-refractivity contribution is -0.127. The van der Waals surface area contributed by atoms with Crippen molar-refractivity contribution in [2.45, 2.75) is 44.8 Å². The van der Waals surface area contributed by atoms with E-state index in [1.54, 1.807) is 0 Å². The van der Waals surface area contributed by atoms with Crippen LogP contribution in [0.1, 0.15) is 41.0 Å². The number of aromatic carboxylic acids is 1. The normalized spacial score (nSPS) is 16.2. The molecule has 0 atom stereocenters. The lowest BCUT2D eigenvalue weighted by Crippen LogP contribution is -2.15. The number of carboxylic acid groups (broad SMARTS) is 1. The van der Waals surface area contributed by atoms with E-state index in [0.717, 1.165) is 19.3 Å². The Hall–Kier alpha value is -1.53. The Morgan fingerprint density at radius 3 is 2.67 bits per heavy atom. The summed E-state index contributed by atoms with van der Waals surface area (Å²) >= 11 is 0. The summed E-state index contributed by atoms with van der Waals surface area (Å²) in [6, 6.07) is 0. The van der Waals surface area contributed by atoms with E-state index >= 15 is 0 Å². The molecule has 0 radical (unpaired) electrons. The monoisotopic (exact) mass is 262 g/mol. The highest BCUT2D eigenvalue weighted by molar-refractivity contribution is 5.90. The van der Waals surface area contributed by atoms with Crippen LogP contribution in [0.3, 0.4) is 0 Å². The van der Waals surface area contributed by atoms with Gasteiger partial charge in [0.1, 0.15) is 5.56 Å². The van der Waals surface area contributed by atoms with E-state index in [1.807, 2.05) is 0 Å². The summed E-state index contributed by atoms with van der Waals surface area (Å²) in [7, 11) is 0. The summed E-state index contributed by atoms with van der Waals surface area (Å²) in [5.41, 5.74) is -0.194. The topological polar surface area (TPSA) is 55.1 Å². The number of alkyl halides is 3. The van der Waals surface area contributed by atoms with Crippen molar-refractivity contribution in [3.8, 4) is 0 Å². The van der Waals surface area contributed by atoms with Gasteiger partial charge in [0.15, 0.2) is 0 Å². The SMILES string of the molecule is O=C(O)c1c(CC(F)(F)F)nn2c1CCCCC2. The molecule has 0 unspecified atom stereocenters. The predicted octanol–water partition coefficient (Wildman–Crippen LogP) is 2.41. The summed E-state index contributed by atoms with van der Waals surface area (Å²) in [5, 5.41) is 12.9. The van der Waals surface area contributed by atoms with Crippen LogP contribution in [0.2, 0.25) is 0 Å². The number of carboxylic acids is 1. The van der Waals surface area contributed by atoms with Crippen LogP contribution in [0.4, 0.5) is 13.2 Å². The van der Waals surface area contributed by atoms with Crippen LogP contribution in [-0.2, 0) is 19.4 Å². The summed E-state index contributed by atoms with van der Waals surface area (Å²) in [6.45, 7) is 0.494. The molecule has 1 aliphatic rings. The molecule has 0 aromatic carbocycles. The van der Waals surface area contributed by atoms with Gasteiger partial charge in [-0.25, -0.2) is 4.79 Å². The van der Waals surface area contributed by atoms with Crippen LogP contribution in [-0.4, -0.2) is 27.0 Å². The number of carbonyl (C=O) groups is 1. The predicted molar refractivity (Wildman–Crippen MR) is 56.5 cm³/mol. The zero-order valence-corrected chi connectivity index (χ0v) is 9.63. The van der Waals surface area contributed by atoms with Crippen molar-refractivity contribution in [1.29, 1.82) is 0 Å². The van der Waals surface area contributed by atoms with Gasteiger partial charge >= 0.3 is 12.1 Å². The first-order valence-electron chi connectivity index (χ1n) is 5.77. The third kappa shape index (κ3) is 2.65. The maximum atomic E-state index is 12.4. The Bertz CT molecular complexity index is 466. The summed E-state index contributed by atoms with van der Waals surface area (Å²) < 4.78 is 38.6. The van der Waals surface area contributed by atoms with Crippen LogP contribution in [0, 0.1) is 0 Å². The molecule has 100 valence electrons. The fourth-order valence-corrected chi connectivity index (χ4v) is 2.28. The van der Waals surface area contributed by atoms with Gasteiger partial charge in [-0.1, -0.05) is 6.42 Å². The van der Waals surface area contributed by atoms with Crippen LogP contribution in [0.5, 0.6) is 0 Å². The van der Waals surface area contributed by atoms with Crippen LogP contribution >= 0.6 is 0 Å². The second-order valence-corrected chi connectivity index (χ2v) is 4.40. The van der Waals surface area contributed by atoms with Gasteiger partial charge in [0.2, 0.25) is 0 Å². The largest absolute Gasteiger partial charge is 0.478 e. The lowest BCUT2D eigenvalue weighted by Gasteiger charge is -2.04. The van der Waals surface area contributed by atoms with E-state index in [0.29, 0.717) is 18.7 Å². The second kappa shape index (κ2) is 4.62. The quantitative estimate of drug-likeness (QED) is 0.890. The van der Waals surface area contributed by atoms with Crippen LogP contribution in [0.15, 0.2) is 0 Å². The number of fused-ring (bicyclic) bond motifs is 1. The minimum Gasteiger partial charge on any atom is -0.478 e. The van der Waals surface area contributed by atoms with Crippen molar-refractivity contribution >= 4 is 5.97 Å². The van der Waals surface area contributed by atoms with E-state index in [9.17, 15) is 18.0 Å². The smallest absolute Gasteiger partial charge is 0.394 e. The fourth-order valence-electron chi connectivity index (χ4n) is 2.28.